The average Bonchev–Trinajstić information content (AvgIpc) is 2.50. The van der Waals surface area contributed by atoms with Crippen molar-refractivity contribution in [2.24, 2.45) is 5.92 Å². The fourth-order valence-corrected chi connectivity index (χ4v) is 3.06. The fraction of sp³-hybridized carbons (Fsp3) is 0.500. The van der Waals surface area contributed by atoms with Gasteiger partial charge in [-0.3, -0.25) is 9.69 Å². The maximum absolute atomic E-state index is 12.5. The maximum atomic E-state index is 12.5. The Labute approximate surface area is 130 Å². The summed E-state index contributed by atoms with van der Waals surface area (Å²) in [6, 6.07) is 7.40. The number of rotatable bonds is 4. The smallest absolute Gasteiger partial charge is 0.197 e. The van der Waals surface area contributed by atoms with Crippen molar-refractivity contribution >= 4 is 11.0 Å². The number of hydrogen-bond donors (Lipinski definition) is 0. The predicted molar refractivity (Wildman–Crippen MR) is 87.0 cm³/mol. The van der Waals surface area contributed by atoms with Crippen molar-refractivity contribution in [1.29, 1.82) is 0 Å². The Morgan fingerprint density at radius 1 is 1.32 bits per heavy atom. The molecule has 4 nitrogen and oxygen atoms in total. The molecule has 4 heteroatoms. The zero-order valence-electron chi connectivity index (χ0n) is 13.2. The van der Waals surface area contributed by atoms with E-state index < -0.39 is 0 Å². The molecule has 0 saturated carbocycles. The molecule has 0 N–H and O–H groups in total. The quantitative estimate of drug-likeness (QED) is 0.870. The summed E-state index contributed by atoms with van der Waals surface area (Å²) in [6.07, 6.45) is 2.93. The lowest BCUT2D eigenvalue weighted by atomic mass is 10.0. The molecule has 1 aliphatic rings. The molecule has 0 bridgehead atoms. The third kappa shape index (κ3) is 3.39. The van der Waals surface area contributed by atoms with E-state index in [-0.39, 0.29) is 11.5 Å². The summed E-state index contributed by atoms with van der Waals surface area (Å²) in [7, 11) is 0. The zero-order valence-corrected chi connectivity index (χ0v) is 13.2. The second kappa shape index (κ2) is 6.63. The van der Waals surface area contributed by atoms with Crippen molar-refractivity contribution in [2.75, 3.05) is 19.7 Å². The first-order chi connectivity index (χ1) is 10.6. The minimum absolute atomic E-state index is 0.0775. The number of morpholine rings is 1. The van der Waals surface area contributed by atoms with Crippen molar-refractivity contribution < 1.29 is 9.15 Å². The number of para-hydroxylation sites is 1. The number of benzene rings is 1. The molecule has 0 amide bonds. The third-order valence-electron chi connectivity index (χ3n) is 4.10. The van der Waals surface area contributed by atoms with Crippen LogP contribution in [-0.4, -0.2) is 30.7 Å². The van der Waals surface area contributed by atoms with Gasteiger partial charge in [-0.05, 0) is 24.5 Å². The van der Waals surface area contributed by atoms with Crippen LogP contribution in [0.5, 0.6) is 0 Å². The molecule has 1 aromatic heterocycles. The van der Waals surface area contributed by atoms with Gasteiger partial charge in [0.05, 0.1) is 24.4 Å². The molecule has 1 saturated heterocycles. The SMILES string of the molecule is CC(C)C[C@H]1CN(Cc2coc3ccccc3c2=O)CCO1. The minimum Gasteiger partial charge on any atom is -0.464 e. The molecule has 0 spiro atoms. The molecule has 1 aromatic carbocycles. The highest BCUT2D eigenvalue weighted by molar-refractivity contribution is 5.76. The highest BCUT2D eigenvalue weighted by Crippen LogP contribution is 2.16. The monoisotopic (exact) mass is 301 g/mol. The normalized spacial score (nSPS) is 19.9. The van der Waals surface area contributed by atoms with Crippen molar-refractivity contribution in [3.63, 3.8) is 0 Å². The summed E-state index contributed by atoms with van der Waals surface area (Å²) < 4.78 is 11.4. The van der Waals surface area contributed by atoms with Crippen LogP contribution in [0, 0.1) is 5.92 Å². The van der Waals surface area contributed by atoms with E-state index in [1.165, 1.54) is 0 Å². The molecule has 3 rings (SSSR count). The highest BCUT2D eigenvalue weighted by atomic mass is 16.5. The first kappa shape index (κ1) is 15.3. The van der Waals surface area contributed by atoms with Crippen LogP contribution in [0.2, 0.25) is 0 Å². The number of fused-ring (bicyclic) bond motifs is 1. The minimum atomic E-state index is 0.0775. The number of nitrogens with zero attached hydrogens (tertiary/aromatic N) is 1. The van der Waals surface area contributed by atoms with Gasteiger partial charge in [0.15, 0.2) is 5.43 Å². The van der Waals surface area contributed by atoms with Gasteiger partial charge in [0.2, 0.25) is 0 Å². The van der Waals surface area contributed by atoms with Crippen molar-refractivity contribution in [3.05, 3.63) is 46.3 Å². The van der Waals surface area contributed by atoms with Gasteiger partial charge in [-0.25, -0.2) is 0 Å². The summed E-state index contributed by atoms with van der Waals surface area (Å²) in [6.45, 7) is 7.52. The van der Waals surface area contributed by atoms with Gasteiger partial charge in [0.25, 0.3) is 0 Å². The summed E-state index contributed by atoms with van der Waals surface area (Å²) in [5.74, 6) is 0.621. The molecule has 0 radical (unpaired) electrons. The fourth-order valence-electron chi connectivity index (χ4n) is 3.06. The van der Waals surface area contributed by atoms with Crippen molar-refractivity contribution in [2.45, 2.75) is 32.9 Å². The zero-order chi connectivity index (χ0) is 15.5. The Morgan fingerprint density at radius 3 is 2.95 bits per heavy atom. The molecule has 22 heavy (non-hydrogen) atoms. The van der Waals surface area contributed by atoms with Gasteiger partial charge >= 0.3 is 0 Å². The first-order valence-electron chi connectivity index (χ1n) is 7.97. The van der Waals surface area contributed by atoms with Crippen LogP contribution in [0.3, 0.4) is 0 Å². The third-order valence-corrected chi connectivity index (χ3v) is 4.10. The van der Waals surface area contributed by atoms with Crippen molar-refractivity contribution in [3.8, 4) is 0 Å². The van der Waals surface area contributed by atoms with E-state index in [9.17, 15) is 4.79 Å². The largest absolute Gasteiger partial charge is 0.464 e. The molecule has 0 aliphatic carbocycles. The molecule has 2 aromatic rings. The summed E-state index contributed by atoms with van der Waals surface area (Å²) >= 11 is 0. The van der Waals surface area contributed by atoms with Crippen LogP contribution in [-0.2, 0) is 11.3 Å². The van der Waals surface area contributed by atoms with E-state index in [0.717, 1.165) is 31.7 Å². The Morgan fingerprint density at radius 2 is 2.14 bits per heavy atom. The van der Waals surface area contributed by atoms with Crippen LogP contribution in [0.15, 0.2) is 39.7 Å². The molecule has 1 aliphatic heterocycles. The molecule has 1 fully saturated rings. The Hall–Kier alpha value is -1.65. The number of hydrogen-bond acceptors (Lipinski definition) is 4. The van der Waals surface area contributed by atoms with Crippen LogP contribution < -0.4 is 5.43 Å². The van der Waals surface area contributed by atoms with E-state index in [1.807, 2.05) is 24.3 Å². The van der Waals surface area contributed by atoms with Gasteiger partial charge in [-0.2, -0.15) is 0 Å². The Bertz CT molecular complexity index is 692. The van der Waals surface area contributed by atoms with Gasteiger partial charge < -0.3 is 9.15 Å². The second-order valence-corrected chi connectivity index (χ2v) is 6.44. The molecular formula is C18H23NO3. The summed E-state index contributed by atoms with van der Waals surface area (Å²) in [5.41, 5.74) is 1.45. The predicted octanol–water partition coefficient (Wildman–Crippen LogP) is 3.04. The molecule has 2 heterocycles. The van der Waals surface area contributed by atoms with Crippen LogP contribution in [0.25, 0.3) is 11.0 Å². The van der Waals surface area contributed by atoms with Gasteiger partial charge in [-0.1, -0.05) is 26.0 Å². The van der Waals surface area contributed by atoms with E-state index in [4.69, 9.17) is 9.15 Å². The first-order valence-corrected chi connectivity index (χ1v) is 7.97. The molecule has 1 atom stereocenters. The highest BCUT2D eigenvalue weighted by Gasteiger charge is 2.22. The lowest BCUT2D eigenvalue weighted by Crippen LogP contribution is -2.43. The molecular weight excluding hydrogens is 278 g/mol. The maximum Gasteiger partial charge on any atom is 0.197 e. The van der Waals surface area contributed by atoms with Crippen molar-refractivity contribution in [1.82, 2.24) is 4.90 Å². The Balaban J connectivity index is 1.75. The summed E-state index contributed by atoms with van der Waals surface area (Å²) in [5, 5.41) is 0.659. The summed E-state index contributed by atoms with van der Waals surface area (Å²) in [4.78, 5) is 14.8. The van der Waals surface area contributed by atoms with Crippen LogP contribution in [0.1, 0.15) is 25.8 Å². The van der Waals surface area contributed by atoms with E-state index in [0.29, 0.717) is 23.4 Å². The van der Waals surface area contributed by atoms with E-state index in [1.54, 1.807) is 6.26 Å². The number of ether oxygens (including phenoxy) is 1. The molecule has 118 valence electrons. The van der Waals surface area contributed by atoms with E-state index >= 15 is 0 Å². The topological polar surface area (TPSA) is 42.7 Å². The second-order valence-electron chi connectivity index (χ2n) is 6.44. The van der Waals surface area contributed by atoms with E-state index in [2.05, 4.69) is 18.7 Å². The Kier molecular flexibility index (Phi) is 4.60. The van der Waals surface area contributed by atoms with Gasteiger partial charge in [0.1, 0.15) is 5.58 Å². The van der Waals surface area contributed by atoms with Gasteiger partial charge in [-0.15, -0.1) is 0 Å². The van der Waals surface area contributed by atoms with Gasteiger partial charge in [0, 0.05) is 25.2 Å². The average molecular weight is 301 g/mol. The lowest BCUT2D eigenvalue weighted by Gasteiger charge is -2.33. The lowest BCUT2D eigenvalue weighted by molar-refractivity contribution is -0.0401. The van der Waals surface area contributed by atoms with Crippen LogP contribution >= 0.6 is 0 Å². The van der Waals surface area contributed by atoms with Crippen LogP contribution in [0.4, 0.5) is 0 Å². The molecule has 0 unspecified atom stereocenters. The standard InChI is InChI=1S/C18H23NO3/c1-13(2)9-15-11-19(7-8-21-15)10-14-12-22-17-6-4-3-5-16(17)18(14)20/h3-6,12-13,15H,7-11H2,1-2H3/t15-/m0/s1.